The van der Waals surface area contributed by atoms with Crippen LogP contribution < -0.4 is 0 Å². The van der Waals surface area contributed by atoms with Crippen LogP contribution in [0.2, 0.25) is 0 Å². The summed E-state index contributed by atoms with van der Waals surface area (Å²) in [5, 5.41) is 10.2. The predicted molar refractivity (Wildman–Crippen MR) is 58.9 cm³/mol. The van der Waals surface area contributed by atoms with Gasteiger partial charge in [0.05, 0.1) is 5.60 Å². The maximum atomic E-state index is 10.2. The van der Waals surface area contributed by atoms with E-state index in [4.69, 9.17) is 0 Å². The van der Waals surface area contributed by atoms with Crippen LogP contribution in [0.25, 0.3) is 5.57 Å². The van der Waals surface area contributed by atoms with Gasteiger partial charge in [-0.3, -0.25) is 0 Å². The highest BCUT2D eigenvalue weighted by Crippen LogP contribution is 2.41. The molecule has 14 heavy (non-hydrogen) atoms. The van der Waals surface area contributed by atoms with E-state index in [0.29, 0.717) is 0 Å². The Morgan fingerprint density at radius 1 is 1.21 bits per heavy atom. The number of allylic oxidation sites excluding steroid dienone is 1. The Morgan fingerprint density at radius 2 is 1.86 bits per heavy atom. The normalized spacial score (nSPS) is 27.1. The molecule has 1 heteroatoms. The topological polar surface area (TPSA) is 20.2 Å². The monoisotopic (exact) mass is 188 g/mol. The van der Waals surface area contributed by atoms with E-state index in [1.165, 1.54) is 5.57 Å². The molecule has 1 aromatic rings. The highest BCUT2D eigenvalue weighted by molar-refractivity contribution is 5.76. The Morgan fingerprint density at radius 3 is 2.36 bits per heavy atom. The second-order valence-electron chi connectivity index (χ2n) is 4.30. The van der Waals surface area contributed by atoms with Gasteiger partial charge in [-0.05, 0) is 37.8 Å². The highest BCUT2D eigenvalue weighted by Gasteiger charge is 2.33. The zero-order valence-corrected chi connectivity index (χ0v) is 8.75. The molecule has 1 unspecified atom stereocenters. The van der Waals surface area contributed by atoms with Crippen molar-refractivity contribution in [2.75, 3.05) is 0 Å². The molecule has 0 aromatic heterocycles. The molecule has 1 aromatic carbocycles. The van der Waals surface area contributed by atoms with Crippen molar-refractivity contribution in [3.05, 3.63) is 41.5 Å². The van der Waals surface area contributed by atoms with Crippen LogP contribution >= 0.6 is 0 Å². The van der Waals surface area contributed by atoms with Gasteiger partial charge >= 0.3 is 0 Å². The number of hydrogen-bond acceptors (Lipinski definition) is 1. The van der Waals surface area contributed by atoms with Crippen LogP contribution in [0.4, 0.5) is 0 Å². The molecule has 1 N–H and O–H groups in total. The fourth-order valence-corrected chi connectivity index (χ4v) is 2.30. The van der Waals surface area contributed by atoms with Crippen molar-refractivity contribution in [3.63, 3.8) is 0 Å². The van der Waals surface area contributed by atoms with Gasteiger partial charge in [0.1, 0.15) is 0 Å². The lowest BCUT2D eigenvalue weighted by Crippen LogP contribution is -2.21. The van der Waals surface area contributed by atoms with Crippen LogP contribution in [-0.4, -0.2) is 10.7 Å². The summed E-state index contributed by atoms with van der Waals surface area (Å²) in [6.07, 6.45) is 1.86. The molecule has 0 amide bonds. The average Bonchev–Trinajstić information content (AvgIpc) is 2.42. The number of hydrogen-bond donors (Lipinski definition) is 1. The third kappa shape index (κ3) is 1.48. The number of benzene rings is 1. The molecule has 0 fully saturated rings. The van der Waals surface area contributed by atoms with Crippen LogP contribution in [0.5, 0.6) is 0 Å². The lowest BCUT2D eigenvalue weighted by Gasteiger charge is -2.21. The van der Waals surface area contributed by atoms with E-state index in [0.717, 1.165) is 24.0 Å². The molecule has 1 atom stereocenters. The summed E-state index contributed by atoms with van der Waals surface area (Å²) < 4.78 is 0. The molecule has 0 saturated carbocycles. The third-order valence-corrected chi connectivity index (χ3v) is 3.01. The Balaban J connectivity index is 2.48. The van der Waals surface area contributed by atoms with Gasteiger partial charge in [-0.15, -0.1) is 0 Å². The minimum Gasteiger partial charge on any atom is -0.385 e. The molecule has 0 heterocycles. The van der Waals surface area contributed by atoms with Crippen LogP contribution in [0.15, 0.2) is 35.9 Å². The molecule has 0 spiro atoms. The summed E-state index contributed by atoms with van der Waals surface area (Å²) in [5.74, 6) is 0. The Kier molecular flexibility index (Phi) is 2.20. The van der Waals surface area contributed by atoms with Crippen LogP contribution in [-0.2, 0) is 0 Å². The predicted octanol–water partition coefficient (Wildman–Crippen LogP) is 3.00. The average molecular weight is 188 g/mol. The second kappa shape index (κ2) is 3.25. The first-order chi connectivity index (χ1) is 6.61. The van der Waals surface area contributed by atoms with Gasteiger partial charge in [0.15, 0.2) is 0 Å². The summed E-state index contributed by atoms with van der Waals surface area (Å²) in [6.45, 7) is 4.02. The summed E-state index contributed by atoms with van der Waals surface area (Å²) >= 11 is 0. The quantitative estimate of drug-likeness (QED) is 0.718. The molecule has 1 aliphatic carbocycles. The Bertz CT molecular complexity index is 360. The first kappa shape index (κ1) is 9.47. The van der Waals surface area contributed by atoms with Gasteiger partial charge in [0, 0.05) is 0 Å². The van der Waals surface area contributed by atoms with Crippen LogP contribution in [0.3, 0.4) is 0 Å². The van der Waals surface area contributed by atoms with E-state index in [2.05, 4.69) is 19.1 Å². The molecule has 0 bridgehead atoms. The van der Waals surface area contributed by atoms with E-state index in [-0.39, 0.29) is 0 Å². The van der Waals surface area contributed by atoms with Crippen molar-refractivity contribution in [3.8, 4) is 0 Å². The second-order valence-corrected chi connectivity index (χ2v) is 4.30. The minimum absolute atomic E-state index is 0.633. The first-order valence-electron chi connectivity index (χ1n) is 5.09. The number of rotatable bonds is 1. The van der Waals surface area contributed by atoms with Crippen molar-refractivity contribution in [2.24, 2.45) is 0 Å². The van der Waals surface area contributed by atoms with E-state index in [9.17, 15) is 5.11 Å². The fraction of sp³-hybridized carbons (Fsp3) is 0.385. The lowest BCUT2D eigenvalue weighted by molar-refractivity contribution is 0.121. The van der Waals surface area contributed by atoms with E-state index < -0.39 is 5.60 Å². The molecular weight excluding hydrogens is 172 g/mol. The van der Waals surface area contributed by atoms with Gasteiger partial charge < -0.3 is 5.11 Å². The zero-order chi connectivity index (χ0) is 10.2. The maximum Gasteiger partial charge on any atom is 0.0876 e. The lowest BCUT2D eigenvalue weighted by atomic mass is 9.91. The Labute approximate surface area is 85.1 Å². The first-order valence-corrected chi connectivity index (χ1v) is 5.09. The molecule has 74 valence electrons. The maximum absolute atomic E-state index is 10.2. The van der Waals surface area contributed by atoms with Crippen LogP contribution in [0.1, 0.15) is 32.3 Å². The summed E-state index contributed by atoms with van der Waals surface area (Å²) in [6, 6.07) is 10.2. The fourth-order valence-electron chi connectivity index (χ4n) is 2.30. The van der Waals surface area contributed by atoms with Gasteiger partial charge in [-0.1, -0.05) is 35.9 Å². The summed E-state index contributed by atoms with van der Waals surface area (Å²) in [7, 11) is 0. The van der Waals surface area contributed by atoms with Crippen LogP contribution in [0, 0.1) is 0 Å². The van der Waals surface area contributed by atoms with Crippen molar-refractivity contribution in [1.29, 1.82) is 0 Å². The molecule has 0 radical (unpaired) electrons. The zero-order valence-electron chi connectivity index (χ0n) is 8.75. The van der Waals surface area contributed by atoms with E-state index >= 15 is 0 Å². The smallest absolute Gasteiger partial charge is 0.0876 e. The highest BCUT2D eigenvalue weighted by atomic mass is 16.3. The standard InChI is InChI=1S/C13H16O/c1-10-8-9-13(2,14)12(10)11-6-4-3-5-7-11/h3-7,14H,8-9H2,1-2H3. The van der Waals surface area contributed by atoms with Gasteiger partial charge in [0.2, 0.25) is 0 Å². The van der Waals surface area contributed by atoms with E-state index in [1.54, 1.807) is 0 Å². The van der Waals surface area contributed by atoms with Crippen molar-refractivity contribution in [1.82, 2.24) is 0 Å². The minimum atomic E-state index is -0.633. The number of aliphatic hydroxyl groups is 1. The molecular formula is C13H16O. The molecule has 0 aliphatic heterocycles. The van der Waals surface area contributed by atoms with E-state index in [1.807, 2.05) is 25.1 Å². The van der Waals surface area contributed by atoms with Crippen molar-refractivity contribution < 1.29 is 5.11 Å². The van der Waals surface area contributed by atoms with Gasteiger partial charge in [-0.2, -0.15) is 0 Å². The molecule has 1 aliphatic rings. The van der Waals surface area contributed by atoms with Gasteiger partial charge in [-0.25, -0.2) is 0 Å². The van der Waals surface area contributed by atoms with Crippen molar-refractivity contribution >= 4 is 5.57 Å². The van der Waals surface area contributed by atoms with Crippen molar-refractivity contribution in [2.45, 2.75) is 32.3 Å². The molecule has 2 rings (SSSR count). The third-order valence-electron chi connectivity index (χ3n) is 3.01. The summed E-state index contributed by atoms with van der Waals surface area (Å²) in [5.41, 5.74) is 2.97. The van der Waals surface area contributed by atoms with Gasteiger partial charge in [0.25, 0.3) is 0 Å². The largest absolute Gasteiger partial charge is 0.385 e. The SMILES string of the molecule is CC1=C(c2ccccc2)C(C)(O)CC1. The summed E-state index contributed by atoms with van der Waals surface area (Å²) in [4.78, 5) is 0. The molecule has 1 nitrogen and oxygen atoms in total. The Hall–Kier alpha value is -1.08. The molecule has 0 saturated heterocycles.